The highest BCUT2D eigenvalue weighted by atomic mass is 32.1. The molecule has 0 amide bonds. The number of aromatic nitrogens is 8. The molecule has 12 heterocycles. The van der Waals surface area contributed by atoms with Crippen molar-refractivity contribution in [2.75, 3.05) is 0 Å². The van der Waals surface area contributed by atoms with E-state index in [1.54, 1.807) is 0 Å². The number of unbranched alkanes of at least 4 members (excludes halogenated alkanes) is 6. The van der Waals surface area contributed by atoms with E-state index in [0.29, 0.717) is 0 Å². The second kappa shape index (κ2) is 34.7. The van der Waals surface area contributed by atoms with Crippen LogP contribution >= 0.6 is 22.7 Å². The van der Waals surface area contributed by atoms with Crippen LogP contribution in [-0.4, -0.2) is 39.9 Å². The van der Waals surface area contributed by atoms with Gasteiger partial charge in [-0.2, -0.15) is 0 Å². The van der Waals surface area contributed by atoms with E-state index in [0.717, 1.165) is 195 Å². The number of hydrogen-bond donors (Lipinski definition) is 4. The molecular weight excluding hydrogens is 1330 g/mol. The molecule has 8 aromatic rings. The molecule has 0 unspecified atom stereocenters. The van der Waals surface area contributed by atoms with Crippen molar-refractivity contribution in [2.24, 2.45) is 0 Å². The molecule has 0 spiro atoms. The van der Waals surface area contributed by atoms with Gasteiger partial charge < -0.3 is 19.9 Å². The van der Waals surface area contributed by atoms with Crippen molar-refractivity contribution in [1.82, 2.24) is 39.9 Å². The van der Waals surface area contributed by atoms with Gasteiger partial charge in [0.25, 0.3) is 0 Å². The van der Waals surface area contributed by atoms with Crippen LogP contribution in [0.15, 0.2) is 48.5 Å². The summed E-state index contributed by atoms with van der Waals surface area (Å²) in [4.78, 5) is 44.5. The van der Waals surface area contributed by atoms with Gasteiger partial charge in [-0.1, -0.05) is 163 Å². The molecule has 0 saturated heterocycles. The van der Waals surface area contributed by atoms with Gasteiger partial charge in [-0.15, -0.1) is 22.7 Å². The first-order valence-electron chi connectivity index (χ1n) is 41.6. The number of allylic oxidation sites excluding steroid dienone is 8. The third-order valence-electron chi connectivity index (χ3n) is 23.3. The zero-order valence-corrected chi connectivity index (χ0v) is 69.2. The van der Waals surface area contributed by atoms with E-state index in [4.69, 9.17) is 19.9 Å². The fraction of sp³-hybridized carbons (Fsp3) is 0.458. The van der Waals surface area contributed by atoms with Crippen LogP contribution in [-0.2, 0) is 64.2 Å². The van der Waals surface area contributed by atoms with Crippen molar-refractivity contribution in [3.8, 4) is 43.9 Å². The fourth-order valence-electron chi connectivity index (χ4n) is 18.2. The van der Waals surface area contributed by atoms with E-state index >= 15 is 0 Å². The number of hydrogen-bond acceptors (Lipinski definition) is 6. The van der Waals surface area contributed by atoms with Crippen molar-refractivity contribution in [2.45, 2.75) is 292 Å². The Morgan fingerprint density at radius 1 is 0.283 bits per heavy atom. The molecule has 0 saturated carbocycles. The number of fused-ring (bicyclic) bond motifs is 16. The molecule has 4 aliphatic rings. The summed E-state index contributed by atoms with van der Waals surface area (Å²) in [6.07, 6.45) is 25.7. The first-order valence-corrected chi connectivity index (χ1v) is 43.2. The summed E-state index contributed by atoms with van der Waals surface area (Å²) in [5.41, 5.74) is 43.8. The zero-order chi connectivity index (χ0) is 75.0. The third-order valence-corrected chi connectivity index (χ3v) is 25.8. The molecule has 16 bridgehead atoms. The van der Waals surface area contributed by atoms with E-state index in [9.17, 15) is 0 Å². The van der Waals surface area contributed by atoms with E-state index < -0.39 is 0 Å². The largest absolute Gasteiger partial charge is 0.355 e. The Labute approximate surface area is 642 Å². The summed E-state index contributed by atoms with van der Waals surface area (Å²) in [6, 6.07) is 19.3. The van der Waals surface area contributed by atoms with Crippen molar-refractivity contribution < 1.29 is 0 Å². The second-order valence-electron chi connectivity index (χ2n) is 29.2. The summed E-state index contributed by atoms with van der Waals surface area (Å²) in [5, 5.41) is 0. The summed E-state index contributed by atoms with van der Waals surface area (Å²) in [5.74, 6) is 14.7. The number of H-pyrrole nitrogens is 4. The van der Waals surface area contributed by atoms with Gasteiger partial charge >= 0.3 is 0 Å². The smallest absolute Gasteiger partial charge is 0.0851 e. The average Bonchev–Trinajstić information content (AvgIpc) is 1.59. The number of nitrogens with one attached hydrogen (secondary N) is 4. The maximum atomic E-state index is 6.01. The van der Waals surface area contributed by atoms with Crippen molar-refractivity contribution in [3.63, 3.8) is 0 Å². The van der Waals surface area contributed by atoms with Crippen LogP contribution in [0.3, 0.4) is 0 Å². The minimum absolute atomic E-state index is 0.823. The van der Waals surface area contributed by atoms with Crippen LogP contribution in [0, 0.1) is 23.7 Å². The first-order chi connectivity index (χ1) is 51.8. The standard InChI is InChI=1S/C96H118N8S2/c1-19-37-39-41-45-57-49-89(105-88(57)48-44-43-47-75-92-71(33-15)67(29-11)84(101-92)53-80-63(25-7)59(21-3)76(97-80)51-77-60(22-4)64(26-8)81(98-77)54-85-68(30-12)72(34-16)93(75)102-85)90-50-58(46-42-40-38-20-2)96(106-90)91-94-73(35-17)69(31-13)86(103-94)55-82-65(27-9)61(23-5)78(99-82)52-79-62(24-6)66(28-10)83(100-79)56-87-70(32-14)74(36-18)95(91)104-87/h49-56,97-100H,19-42,45-46H2,1-18H3. The molecule has 8 nitrogen and oxygen atoms in total. The Morgan fingerprint density at radius 2 is 0.575 bits per heavy atom. The lowest BCUT2D eigenvalue weighted by Crippen LogP contribution is -1.96. The minimum atomic E-state index is 0.823. The average molecular weight is 1450 g/mol. The van der Waals surface area contributed by atoms with Gasteiger partial charge in [0.2, 0.25) is 0 Å². The quantitative estimate of drug-likeness (QED) is 0.0289. The van der Waals surface area contributed by atoms with Crippen LogP contribution in [0.1, 0.15) is 339 Å². The predicted octanol–water partition coefficient (Wildman–Crippen LogP) is 27.5. The van der Waals surface area contributed by atoms with Crippen LogP contribution in [0.4, 0.5) is 0 Å². The molecule has 0 aromatic carbocycles. The Hall–Kier alpha value is -8.28. The van der Waals surface area contributed by atoms with Gasteiger partial charge in [0.1, 0.15) is 0 Å². The van der Waals surface area contributed by atoms with Crippen LogP contribution in [0.5, 0.6) is 0 Å². The maximum absolute atomic E-state index is 6.01. The topological polar surface area (TPSA) is 115 Å². The van der Waals surface area contributed by atoms with Crippen molar-refractivity contribution in [3.05, 3.63) is 160 Å². The third kappa shape index (κ3) is 14.6. The number of aryl methyl sites for hydroxylation is 10. The lowest BCUT2D eigenvalue weighted by Gasteiger charge is -2.13. The Morgan fingerprint density at radius 3 is 0.906 bits per heavy atom. The normalized spacial score (nSPS) is 13.1. The molecular formula is C96H118N8S2. The van der Waals surface area contributed by atoms with E-state index in [1.165, 1.54) is 192 Å². The Bertz CT molecular complexity index is 5060. The molecule has 8 aromatic heterocycles. The highest BCUT2D eigenvalue weighted by Gasteiger charge is 2.32. The molecule has 0 radical (unpaired) electrons. The predicted molar refractivity (Wildman–Crippen MR) is 463 cm³/mol. The number of nitrogens with zero attached hydrogens (tertiary/aromatic N) is 4. The highest BCUT2D eigenvalue weighted by Crippen LogP contribution is 2.51. The van der Waals surface area contributed by atoms with Gasteiger partial charge in [0.05, 0.1) is 56.0 Å². The van der Waals surface area contributed by atoms with Gasteiger partial charge in [-0.05, 0) is 301 Å². The molecule has 554 valence electrons. The molecule has 0 aliphatic carbocycles. The Kier molecular flexibility index (Phi) is 25.3. The van der Waals surface area contributed by atoms with Gasteiger partial charge in [0.15, 0.2) is 0 Å². The molecule has 4 N–H and O–H groups in total. The van der Waals surface area contributed by atoms with Crippen LogP contribution in [0.25, 0.3) is 109 Å². The van der Waals surface area contributed by atoms with Crippen LogP contribution < -0.4 is 0 Å². The molecule has 10 heteroatoms. The van der Waals surface area contributed by atoms with Crippen molar-refractivity contribution in [1.29, 1.82) is 0 Å². The monoisotopic (exact) mass is 1450 g/mol. The fourth-order valence-corrected chi connectivity index (χ4v) is 20.6. The molecule has 0 atom stereocenters. The lowest BCUT2D eigenvalue weighted by atomic mass is 9.91. The zero-order valence-electron chi connectivity index (χ0n) is 67.6. The molecule has 12 rings (SSSR count). The number of rotatable bonds is 28. The lowest BCUT2D eigenvalue weighted by molar-refractivity contribution is 0.667. The van der Waals surface area contributed by atoms with Gasteiger partial charge in [-0.3, -0.25) is 0 Å². The first kappa shape index (κ1) is 77.3. The molecule has 106 heavy (non-hydrogen) atoms. The van der Waals surface area contributed by atoms with Crippen molar-refractivity contribution >= 4 is 111 Å². The summed E-state index contributed by atoms with van der Waals surface area (Å²) in [6.45, 7) is 41.5. The molecule has 4 aliphatic heterocycles. The molecule has 0 fully saturated rings. The van der Waals surface area contributed by atoms with E-state index in [1.807, 2.05) is 22.7 Å². The number of aromatic amines is 4. The second-order valence-corrected chi connectivity index (χ2v) is 31.3. The van der Waals surface area contributed by atoms with E-state index in [2.05, 4.69) is 217 Å². The number of thiophene rings is 2. The van der Waals surface area contributed by atoms with E-state index in [-0.39, 0.29) is 0 Å². The van der Waals surface area contributed by atoms with Gasteiger partial charge in [-0.25, -0.2) is 19.9 Å². The summed E-state index contributed by atoms with van der Waals surface area (Å²) < 4.78 is 0. The van der Waals surface area contributed by atoms with Crippen LogP contribution in [0.2, 0.25) is 0 Å². The minimum Gasteiger partial charge on any atom is -0.355 e. The Balaban J connectivity index is 1.11. The highest BCUT2D eigenvalue weighted by molar-refractivity contribution is 7.24. The van der Waals surface area contributed by atoms with Gasteiger partial charge in [0, 0.05) is 64.3 Å². The SMILES string of the molecule is CCCCCCc1cc(-c2cc(CCCCCC)c(-c3c4nc(cc5[nH]c(cc6[nH]c(cc7nc3C(CC)=C7CC)c(CC)c6CC)c(CC)c5CC)C(CC)=C4CC)s2)sc1C#CC#Cc1c2nc(cc3[nH]c(cc4[nH]c(cc5nc1C(CC)=C5CC)c(CC)c4CC)c(CC)c3CC)C(CC)=C2CC. The summed E-state index contributed by atoms with van der Waals surface area (Å²) >= 11 is 3.82. The maximum Gasteiger partial charge on any atom is 0.0851 e. The summed E-state index contributed by atoms with van der Waals surface area (Å²) in [7, 11) is 0.